The zero-order valence-corrected chi connectivity index (χ0v) is 18.1. The summed E-state index contributed by atoms with van der Waals surface area (Å²) in [4.78, 5) is 16.6. The molecule has 29 heavy (non-hydrogen) atoms. The molecule has 0 aliphatic carbocycles. The van der Waals surface area contributed by atoms with Crippen LogP contribution in [0.25, 0.3) is 0 Å². The molecular weight excluding hydrogens is 386 g/mol. The molecule has 1 aliphatic rings. The molecular formula is C23H31ClN3O2+. The third kappa shape index (κ3) is 5.87. The minimum absolute atomic E-state index is 0.171. The number of unbranched alkanes of at least 4 members (excludes halogenated alkanes) is 1. The second kappa shape index (κ2) is 10.5. The van der Waals surface area contributed by atoms with E-state index < -0.39 is 0 Å². The van der Waals surface area contributed by atoms with E-state index in [9.17, 15) is 4.79 Å². The standard InChI is InChI=1S/C23H30ClN3O2/c1-3-5-15-29-20-8-6-7-18(16-20)23(28)25-19-9-10-22(21(24)17-19)27-13-11-26(4-2)12-14-27/h6-10,16-17H,3-5,11-15H2,1-2H3,(H,25,28)/p+1. The maximum Gasteiger partial charge on any atom is 0.255 e. The molecule has 2 aromatic carbocycles. The Bertz CT molecular complexity index is 820. The van der Waals surface area contributed by atoms with Gasteiger partial charge in [-0.2, -0.15) is 0 Å². The fourth-order valence-electron chi connectivity index (χ4n) is 3.52. The van der Waals surface area contributed by atoms with Gasteiger partial charge in [0.15, 0.2) is 0 Å². The predicted octanol–water partition coefficient (Wildman–Crippen LogP) is 3.50. The van der Waals surface area contributed by atoms with Crippen molar-refractivity contribution in [3.63, 3.8) is 0 Å². The quantitative estimate of drug-likeness (QED) is 0.647. The van der Waals surface area contributed by atoms with Gasteiger partial charge in [0.2, 0.25) is 0 Å². The second-order valence-corrected chi connectivity index (χ2v) is 7.85. The molecule has 1 heterocycles. The number of carbonyl (C=O) groups excluding carboxylic acids is 1. The molecule has 1 fully saturated rings. The summed E-state index contributed by atoms with van der Waals surface area (Å²) in [6.45, 7) is 10.4. The molecule has 1 saturated heterocycles. The highest BCUT2D eigenvalue weighted by Gasteiger charge is 2.20. The van der Waals surface area contributed by atoms with Crippen molar-refractivity contribution in [1.29, 1.82) is 0 Å². The third-order valence-electron chi connectivity index (χ3n) is 5.38. The van der Waals surface area contributed by atoms with Crippen LogP contribution in [0.2, 0.25) is 5.02 Å². The lowest BCUT2D eigenvalue weighted by molar-refractivity contribution is -0.898. The largest absolute Gasteiger partial charge is 0.494 e. The lowest BCUT2D eigenvalue weighted by atomic mass is 10.2. The fourth-order valence-corrected chi connectivity index (χ4v) is 3.82. The van der Waals surface area contributed by atoms with Gasteiger partial charge >= 0.3 is 0 Å². The van der Waals surface area contributed by atoms with Gasteiger partial charge in [0.05, 0.1) is 50.0 Å². The van der Waals surface area contributed by atoms with Crippen LogP contribution in [-0.2, 0) is 0 Å². The summed E-state index contributed by atoms with van der Waals surface area (Å²) in [6, 6.07) is 13.0. The normalized spacial score (nSPS) is 14.7. The summed E-state index contributed by atoms with van der Waals surface area (Å²) in [5, 5.41) is 3.60. The van der Waals surface area contributed by atoms with E-state index >= 15 is 0 Å². The van der Waals surface area contributed by atoms with Crippen molar-refractivity contribution >= 4 is 28.9 Å². The van der Waals surface area contributed by atoms with Crippen molar-refractivity contribution < 1.29 is 14.4 Å². The van der Waals surface area contributed by atoms with Gasteiger partial charge in [-0.1, -0.05) is 31.0 Å². The number of halogens is 1. The number of benzene rings is 2. The maximum atomic E-state index is 12.6. The Hall–Kier alpha value is -2.24. The first kappa shape index (κ1) is 21.5. The minimum atomic E-state index is -0.171. The van der Waals surface area contributed by atoms with E-state index in [4.69, 9.17) is 16.3 Å². The Labute approximate surface area is 178 Å². The Kier molecular flexibility index (Phi) is 7.78. The highest BCUT2D eigenvalue weighted by Crippen LogP contribution is 2.29. The van der Waals surface area contributed by atoms with E-state index in [0.717, 1.165) is 51.3 Å². The van der Waals surface area contributed by atoms with Crippen molar-refractivity contribution in [3.05, 3.63) is 53.1 Å². The minimum Gasteiger partial charge on any atom is -0.494 e. The number of amides is 1. The Balaban J connectivity index is 1.62. The van der Waals surface area contributed by atoms with Gasteiger partial charge in [-0.3, -0.25) is 4.79 Å². The van der Waals surface area contributed by atoms with Gasteiger partial charge in [-0.15, -0.1) is 0 Å². The summed E-state index contributed by atoms with van der Waals surface area (Å²) in [7, 11) is 0. The SMILES string of the molecule is CCCCOc1cccc(C(=O)Nc2ccc(N3CC[NH+](CC)CC3)c(Cl)c2)c1. The number of hydrogen-bond acceptors (Lipinski definition) is 3. The van der Waals surface area contributed by atoms with Crippen LogP contribution < -0.4 is 19.9 Å². The fraction of sp³-hybridized carbons (Fsp3) is 0.435. The van der Waals surface area contributed by atoms with Crippen LogP contribution in [0.5, 0.6) is 5.75 Å². The number of likely N-dealkylation sites (N-methyl/N-ethyl adjacent to an activating group) is 1. The molecule has 0 unspecified atom stereocenters. The van der Waals surface area contributed by atoms with Crippen LogP contribution in [0.4, 0.5) is 11.4 Å². The van der Waals surface area contributed by atoms with E-state index in [0.29, 0.717) is 28.6 Å². The average Bonchev–Trinajstić information content (AvgIpc) is 2.74. The number of carbonyl (C=O) groups is 1. The molecule has 0 bridgehead atoms. The topological polar surface area (TPSA) is 46.0 Å². The molecule has 6 heteroatoms. The van der Waals surface area contributed by atoms with Crippen molar-refractivity contribution in [2.75, 3.05) is 49.5 Å². The predicted molar refractivity (Wildman–Crippen MR) is 120 cm³/mol. The number of nitrogens with one attached hydrogen (secondary N) is 2. The number of anilines is 2. The molecule has 1 amide bonds. The van der Waals surface area contributed by atoms with Crippen LogP contribution in [0, 0.1) is 0 Å². The van der Waals surface area contributed by atoms with Crippen molar-refractivity contribution in [2.45, 2.75) is 26.7 Å². The number of rotatable bonds is 8. The number of ether oxygens (including phenoxy) is 1. The molecule has 2 N–H and O–H groups in total. The smallest absolute Gasteiger partial charge is 0.255 e. The molecule has 156 valence electrons. The third-order valence-corrected chi connectivity index (χ3v) is 5.68. The number of piperazine rings is 1. The van der Waals surface area contributed by atoms with Crippen molar-refractivity contribution in [2.24, 2.45) is 0 Å². The summed E-state index contributed by atoms with van der Waals surface area (Å²) in [5.41, 5.74) is 2.29. The number of hydrogen-bond donors (Lipinski definition) is 2. The van der Waals surface area contributed by atoms with Crippen LogP contribution in [0.1, 0.15) is 37.0 Å². The first-order valence-electron chi connectivity index (χ1n) is 10.5. The Morgan fingerprint density at radius 2 is 1.97 bits per heavy atom. The van der Waals surface area contributed by atoms with E-state index in [2.05, 4.69) is 24.1 Å². The summed E-state index contributed by atoms with van der Waals surface area (Å²) in [6.07, 6.45) is 2.07. The first-order valence-corrected chi connectivity index (χ1v) is 10.9. The molecule has 1 aliphatic heterocycles. The molecule has 0 spiro atoms. The Morgan fingerprint density at radius 3 is 2.66 bits per heavy atom. The maximum absolute atomic E-state index is 12.6. The van der Waals surface area contributed by atoms with Crippen molar-refractivity contribution in [3.8, 4) is 5.75 Å². The van der Waals surface area contributed by atoms with Crippen LogP contribution in [0.3, 0.4) is 0 Å². The van der Waals surface area contributed by atoms with Crippen LogP contribution in [0.15, 0.2) is 42.5 Å². The summed E-state index contributed by atoms with van der Waals surface area (Å²) < 4.78 is 5.70. The van der Waals surface area contributed by atoms with E-state index in [-0.39, 0.29) is 5.91 Å². The number of quaternary nitrogens is 1. The molecule has 2 aromatic rings. The van der Waals surface area contributed by atoms with Crippen LogP contribution >= 0.6 is 11.6 Å². The van der Waals surface area contributed by atoms with Gasteiger partial charge < -0.3 is 19.9 Å². The molecule has 0 saturated carbocycles. The van der Waals surface area contributed by atoms with E-state index in [1.54, 1.807) is 17.0 Å². The molecule has 0 atom stereocenters. The molecule has 0 aromatic heterocycles. The Morgan fingerprint density at radius 1 is 1.17 bits per heavy atom. The van der Waals surface area contributed by atoms with Gasteiger partial charge in [0.1, 0.15) is 5.75 Å². The zero-order chi connectivity index (χ0) is 20.6. The van der Waals surface area contributed by atoms with E-state index in [1.165, 1.54) is 0 Å². The molecule has 3 rings (SSSR count). The lowest BCUT2D eigenvalue weighted by Crippen LogP contribution is -3.14. The van der Waals surface area contributed by atoms with Crippen LogP contribution in [-0.4, -0.2) is 45.2 Å². The lowest BCUT2D eigenvalue weighted by Gasteiger charge is -2.33. The highest BCUT2D eigenvalue weighted by atomic mass is 35.5. The van der Waals surface area contributed by atoms with E-state index in [1.807, 2.05) is 30.3 Å². The van der Waals surface area contributed by atoms with Gasteiger partial charge in [-0.25, -0.2) is 0 Å². The van der Waals surface area contributed by atoms with Crippen molar-refractivity contribution in [1.82, 2.24) is 0 Å². The summed E-state index contributed by atoms with van der Waals surface area (Å²) in [5.74, 6) is 0.544. The monoisotopic (exact) mass is 416 g/mol. The highest BCUT2D eigenvalue weighted by molar-refractivity contribution is 6.33. The summed E-state index contributed by atoms with van der Waals surface area (Å²) >= 11 is 6.54. The number of nitrogens with zero attached hydrogens (tertiary/aromatic N) is 1. The first-order chi connectivity index (χ1) is 14.1. The molecule has 0 radical (unpaired) electrons. The average molecular weight is 417 g/mol. The van der Waals surface area contributed by atoms with Gasteiger partial charge in [0.25, 0.3) is 5.91 Å². The second-order valence-electron chi connectivity index (χ2n) is 7.44. The van der Waals surface area contributed by atoms with Gasteiger partial charge in [0, 0.05) is 11.3 Å². The van der Waals surface area contributed by atoms with Gasteiger partial charge in [-0.05, 0) is 49.7 Å². The molecule has 5 nitrogen and oxygen atoms in total. The zero-order valence-electron chi connectivity index (χ0n) is 17.3.